The molecule has 4 nitrogen and oxygen atoms in total. The van der Waals surface area contributed by atoms with Crippen LogP contribution in [0.15, 0.2) is 10.3 Å². The van der Waals surface area contributed by atoms with Gasteiger partial charge in [-0.2, -0.15) is 0 Å². The van der Waals surface area contributed by atoms with Crippen molar-refractivity contribution in [3.63, 3.8) is 0 Å². The monoisotopic (exact) mass is 276 g/mol. The van der Waals surface area contributed by atoms with E-state index in [4.69, 9.17) is 0 Å². The summed E-state index contributed by atoms with van der Waals surface area (Å²) in [6, 6.07) is 1.73. The molecule has 1 aromatic heterocycles. The van der Waals surface area contributed by atoms with Gasteiger partial charge in [0.25, 0.3) is 0 Å². The number of nitrogens with one attached hydrogen (secondary N) is 2. The summed E-state index contributed by atoms with van der Waals surface area (Å²) in [6.07, 6.45) is 0. The van der Waals surface area contributed by atoms with E-state index in [1.807, 2.05) is 27.8 Å². The lowest BCUT2D eigenvalue weighted by Crippen LogP contribution is -2.31. The van der Waals surface area contributed by atoms with Gasteiger partial charge in [0.1, 0.15) is 4.21 Å². The Labute approximate surface area is 107 Å². The molecular formula is C11H20N2O2S2. The molecule has 98 valence electrons. The molecule has 0 aliphatic carbocycles. The maximum absolute atomic E-state index is 12.0. The Morgan fingerprint density at radius 1 is 1.35 bits per heavy atom. The minimum absolute atomic E-state index is 0.275. The van der Waals surface area contributed by atoms with Gasteiger partial charge in [-0.15, -0.1) is 11.3 Å². The molecule has 0 bridgehead atoms. The van der Waals surface area contributed by atoms with Gasteiger partial charge in [-0.25, -0.2) is 13.1 Å². The van der Waals surface area contributed by atoms with Crippen LogP contribution >= 0.6 is 11.3 Å². The van der Waals surface area contributed by atoms with Crippen molar-refractivity contribution in [1.82, 2.24) is 10.0 Å². The summed E-state index contributed by atoms with van der Waals surface area (Å²) in [5.74, 6) is 0.275. The van der Waals surface area contributed by atoms with Crippen molar-refractivity contribution < 1.29 is 8.42 Å². The highest BCUT2D eigenvalue weighted by Gasteiger charge is 2.18. The van der Waals surface area contributed by atoms with Crippen LogP contribution in [0.1, 0.15) is 17.4 Å². The van der Waals surface area contributed by atoms with Gasteiger partial charge in [-0.3, -0.25) is 0 Å². The molecule has 1 atom stereocenters. The number of hydrogen-bond donors (Lipinski definition) is 2. The first-order valence-electron chi connectivity index (χ1n) is 5.58. The third kappa shape index (κ3) is 4.06. The summed E-state index contributed by atoms with van der Waals surface area (Å²) in [5.41, 5.74) is 1.03. The number of thiophene rings is 1. The van der Waals surface area contributed by atoms with Crippen LogP contribution in [0.2, 0.25) is 0 Å². The predicted octanol–water partition coefficient (Wildman–Crippen LogP) is 1.50. The zero-order valence-corrected chi connectivity index (χ0v) is 12.3. The summed E-state index contributed by atoms with van der Waals surface area (Å²) < 4.78 is 27.0. The van der Waals surface area contributed by atoms with Crippen molar-refractivity contribution in [2.24, 2.45) is 5.92 Å². The van der Waals surface area contributed by atoms with Gasteiger partial charge in [0.2, 0.25) is 10.0 Å². The summed E-state index contributed by atoms with van der Waals surface area (Å²) in [5, 5.41) is 3.02. The van der Waals surface area contributed by atoms with E-state index in [0.717, 1.165) is 17.0 Å². The van der Waals surface area contributed by atoms with Crippen LogP contribution in [0.25, 0.3) is 0 Å². The van der Waals surface area contributed by atoms with Crippen LogP contribution in [0.4, 0.5) is 0 Å². The molecule has 0 aliphatic rings. The maximum Gasteiger partial charge on any atom is 0.250 e. The third-order valence-corrected chi connectivity index (χ3v) is 5.63. The first-order chi connectivity index (χ1) is 7.86. The molecule has 2 N–H and O–H groups in total. The van der Waals surface area contributed by atoms with Crippen LogP contribution in [-0.4, -0.2) is 28.6 Å². The van der Waals surface area contributed by atoms with Gasteiger partial charge in [-0.1, -0.05) is 6.92 Å². The molecule has 1 heterocycles. The van der Waals surface area contributed by atoms with E-state index in [1.54, 1.807) is 6.07 Å². The highest BCUT2D eigenvalue weighted by molar-refractivity contribution is 7.91. The molecule has 0 aromatic carbocycles. The second-order valence-electron chi connectivity index (χ2n) is 4.32. The molecule has 0 aliphatic heterocycles. The van der Waals surface area contributed by atoms with Crippen LogP contribution < -0.4 is 10.0 Å². The fourth-order valence-electron chi connectivity index (χ4n) is 1.42. The first kappa shape index (κ1) is 14.6. The van der Waals surface area contributed by atoms with Crippen molar-refractivity contribution in [3.8, 4) is 0 Å². The van der Waals surface area contributed by atoms with E-state index < -0.39 is 10.0 Å². The second kappa shape index (κ2) is 5.95. The molecule has 0 spiro atoms. The zero-order valence-electron chi connectivity index (χ0n) is 10.7. The van der Waals surface area contributed by atoms with Gasteiger partial charge < -0.3 is 5.32 Å². The van der Waals surface area contributed by atoms with E-state index in [1.165, 1.54) is 11.3 Å². The van der Waals surface area contributed by atoms with Crippen molar-refractivity contribution >= 4 is 21.4 Å². The third-order valence-electron chi connectivity index (χ3n) is 2.58. The Bertz CT molecular complexity index is 446. The van der Waals surface area contributed by atoms with Gasteiger partial charge in [0.05, 0.1) is 0 Å². The number of aryl methyl sites for hydroxylation is 2. The molecule has 17 heavy (non-hydrogen) atoms. The Kier molecular flexibility index (Phi) is 5.12. The summed E-state index contributed by atoms with van der Waals surface area (Å²) in [7, 11) is -1.48. The zero-order chi connectivity index (χ0) is 13.1. The van der Waals surface area contributed by atoms with Crippen LogP contribution in [-0.2, 0) is 10.0 Å². The van der Waals surface area contributed by atoms with Gasteiger partial charge >= 0.3 is 0 Å². The number of rotatable bonds is 6. The van der Waals surface area contributed by atoms with E-state index in [2.05, 4.69) is 10.0 Å². The van der Waals surface area contributed by atoms with Gasteiger partial charge in [0, 0.05) is 11.4 Å². The smallest absolute Gasteiger partial charge is 0.250 e. The first-order valence-corrected chi connectivity index (χ1v) is 7.88. The van der Waals surface area contributed by atoms with Crippen molar-refractivity contribution in [3.05, 3.63) is 16.5 Å². The Hall–Kier alpha value is -0.430. The highest BCUT2D eigenvalue weighted by atomic mass is 32.2. The second-order valence-corrected chi connectivity index (χ2v) is 7.57. The van der Waals surface area contributed by atoms with Crippen molar-refractivity contribution in [2.75, 3.05) is 20.1 Å². The molecule has 1 aromatic rings. The molecular weight excluding hydrogens is 256 g/mol. The fraction of sp³-hybridized carbons (Fsp3) is 0.636. The minimum atomic E-state index is -3.33. The molecule has 0 saturated carbocycles. The Balaban J connectivity index is 2.69. The van der Waals surface area contributed by atoms with E-state index >= 15 is 0 Å². The lowest BCUT2D eigenvalue weighted by molar-refractivity contribution is 0.519. The Morgan fingerprint density at radius 2 is 2.00 bits per heavy atom. The van der Waals surface area contributed by atoms with Gasteiger partial charge in [0.15, 0.2) is 0 Å². The molecule has 0 fully saturated rings. The molecule has 6 heteroatoms. The number of hydrogen-bond acceptors (Lipinski definition) is 4. The molecule has 0 radical (unpaired) electrons. The quantitative estimate of drug-likeness (QED) is 0.828. The van der Waals surface area contributed by atoms with Gasteiger partial charge in [-0.05, 0) is 45.0 Å². The molecule has 1 rings (SSSR count). The normalized spacial score (nSPS) is 13.9. The predicted molar refractivity (Wildman–Crippen MR) is 72.1 cm³/mol. The van der Waals surface area contributed by atoms with Crippen molar-refractivity contribution in [2.45, 2.75) is 25.0 Å². The average Bonchev–Trinajstić information content (AvgIpc) is 2.58. The lowest BCUT2D eigenvalue weighted by atomic mass is 10.2. The van der Waals surface area contributed by atoms with Crippen LogP contribution in [0.3, 0.4) is 0 Å². The summed E-state index contributed by atoms with van der Waals surface area (Å²) in [6.45, 7) is 7.12. The number of sulfonamides is 1. The van der Waals surface area contributed by atoms with Crippen LogP contribution in [0.5, 0.6) is 0 Å². The van der Waals surface area contributed by atoms with E-state index in [-0.39, 0.29) is 5.92 Å². The average molecular weight is 276 g/mol. The SMILES string of the molecule is CNCC(C)CNS(=O)(=O)c1cc(C)c(C)s1. The lowest BCUT2D eigenvalue weighted by Gasteiger charge is -2.11. The van der Waals surface area contributed by atoms with Crippen molar-refractivity contribution in [1.29, 1.82) is 0 Å². The fourth-order valence-corrected chi connectivity index (χ4v) is 4.14. The van der Waals surface area contributed by atoms with Crippen LogP contribution in [0, 0.1) is 19.8 Å². The summed E-state index contributed by atoms with van der Waals surface area (Å²) in [4.78, 5) is 1.05. The Morgan fingerprint density at radius 3 is 2.47 bits per heavy atom. The molecule has 1 unspecified atom stereocenters. The standard InChI is InChI=1S/C11H20N2O2S2/c1-8(6-12-4)7-13-17(14,15)11-5-9(2)10(3)16-11/h5,8,12-13H,6-7H2,1-4H3. The topological polar surface area (TPSA) is 58.2 Å². The van der Waals surface area contributed by atoms with E-state index in [9.17, 15) is 8.42 Å². The summed E-state index contributed by atoms with van der Waals surface area (Å²) >= 11 is 1.32. The molecule has 0 saturated heterocycles. The maximum atomic E-state index is 12.0. The van der Waals surface area contributed by atoms with E-state index in [0.29, 0.717) is 10.8 Å². The molecule has 0 amide bonds. The minimum Gasteiger partial charge on any atom is -0.319 e. The largest absolute Gasteiger partial charge is 0.319 e. The highest BCUT2D eigenvalue weighted by Crippen LogP contribution is 2.24.